The van der Waals surface area contributed by atoms with E-state index in [1.165, 1.54) is 99.5 Å². The van der Waals surface area contributed by atoms with Crippen LogP contribution in [0.5, 0.6) is 0 Å². The third-order valence-corrected chi connectivity index (χ3v) is 12.8. The van der Waals surface area contributed by atoms with E-state index in [0.29, 0.717) is 0 Å². The van der Waals surface area contributed by atoms with Gasteiger partial charge in [-0.1, -0.05) is 152 Å². The summed E-state index contributed by atoms with van der Waals surface area (Å²) in [7, 11) is 0. The molecule has 10 aromatic rings. The summed E-state index contributed by atoms with van der Waals surface area (Å²) in [6.45, 7) is 4.22. The minimum Gasteiger partial charge on any atom is -0.316 e. The van der Waals surface area contributed by atoms with Gasteiger partial charge in [0.05, 0.1) is 16.6 Å². The van der Waals surface area contributed by atoms with Crippen LogP contribution in [0.4, 0.5) is 0 Å². The number of nitrogens with zero attached hydrogens (tertiary/aromatic N) is 2. The van der Waals surface area contributed by atoms with E-state index in [4.69, 9.17) is 0 Å². The Hall–Kier alpha value is -7.94. The average Bonchev–Trinajstić information content (AvgIpc) is 3.96. The van der Waals surface area contributed by atoms with Crippen molar-refractivity contribution in [2.24, 2.45) is 0 Å². The molecule has 0 spiro atoms. The first kappa shape index (κ1) is 38.9. The van der Waals surface area contributed by atoms with Crippen LogP contribution in [-0.4, -0.2) is 9.13 Å². The number of benzene rings is 8. The van der Waals surface area contributed by atoms with Crippen LogP contribution in [-0.2, 0) is 0 Å². The molecule has 2 nitrogen and oxygen atoms in total. The molecule has 11 rings (SSSR count). The summed E-state index contributed by atoms with van der Waals surface area (Å²) in [5.74, 6) is 0. The van der Waals surface area contributed by atoms with E-state index in [0.717, 1.165) is 24.2 Å². The largest absolute Gasteiger partial charge is 0.316 e. The van der Waals surface area contributed by atoms with Gasteiger partial charge in [-0.3, -0.25) is 0 Å². The fraction of sp³-hybridized carbons (Fsp3) is 0.0645. The maximum Gasteiger partial charge on any atom is 0.0635 e. The SMILES string of the molecule is C/C=C\C(=C/C)c1cc(-c2ccccc2)cc(-n2c3ccc(-c4cc(-c5ccccc5)cc(-c5ccccc5)c4)cc3c3ccc4c(ccn4-c4cccc(C5=CCCC=C5)c4)c32)c1. The van der Waals surface area contributed by atoms with Crippen LogP contribution in [0, 0.1) is 0 Å². The van der Waals surface area contributed by atoms with Gasteiger partial charge in [0.1, 0.15) is 0 Å². The van der Waals surface area contributed by atoms with E-state index in [1.54, 1.807) is 0 Å². The second kappa shape index (κ2) is 16.7. The number of fused-ring (bicyclic) bond motifs is 5. The molecular weight excluding hydrogens is 773 g/mol. The molecule has 64 heavy (non-hydrogen) atoms. The molecule has 0 aliphatic heterocycles. The summed E-state index contributed by atoms with van der Waals surface area (Å²) >= 11 is 0. The van der Waals surface area contributed by atoms with Crippen LogP contribution < -0.4 is 0 Å². The number of rotatable bonds is 9. The molecule has 1 aliphatic carbocycles. The Kier molecular flexibility index (Phi) is 10.2. The van der Waals surface area contributed by atoms with E-state index in [-0.39, 0.29) is 0 Å². The van der Waals surface area contributed by atoms with Crippen molar-refractivity contribution in [3.05, 3.63) is 242 Å². The zero-order valence-corrected chi connectivity index (χ0v) is 36.2. The minimum absolute atomic E-state index is 1.08. The molecule has 0 saturated heterocycles. The van der Waals surface area contributed by atoms with Gasteiger partial charge in [-0.05, 0) is 166 Å². The number of allylic oxidation sites excluding steroid dienone is 8. The van der Waals surface area contributed by atoms with Gasteiger partial charge in [0.25, 0.3) is 0 Å². The standard InChI is InChI=1S/C62H48N2/c1-3-18-43(4-2)53-38-54(47-25-15-8-16-26-47)41-56(40-53)64-61-31-29-49(52-36-50(45-21-11-6-12-22-45)35-51(37-52)46-23-13-7-14-24-46)42-59(61)57-30-32-60-58(62(57)64)33-34-63(60)55-28-17-27-48(39-55)44-19-9-5-10-20-44/h3-4,6-9,11-42H,5,10H2,1-2H3/b18-3-,43-4+. The van der Waals surface area contributed by atoms with Crippen molar-refractivity contribution in [3.63, 3.8) is 0 Å². The monoisotopic (exact) mass is 820 g/mol. The summed E-state index contributed by atoms with van der Waals surface area (Å²) < 4.78 is 4.87. The Morgan fingerprint density at radius 1 is 0.453 bits per heavy atom. The lowest BCUT2D eigenvalue weighted by Gasteiger charge is -2.15. The zero-order chi connectivity index (χ0) is 43.0. The van der Waals surface area contributed by atoms with Gasteiger partial charge < -0.3 is 9.13 Å². The Bertz CT molecular complexity index is 3420. The Balaban J connectivity index is 1.17. The average molecular weight is 821 g/mol. The van der Waals surface area contributed by atoms with Crippen molar-refractivity contribution >= 4 is 43.9 Å². The van der Waals surface area contributed by atoms with Crippen LogP contribution in [0.25, 0.3) is 99.7 Å². The quantitative estimate of drug-likeness (QED) is 0.128. The highest BCUT2D eigenvalue weighted by Gasteiger charge is 2.20. The van der Waals surface area contributed by atoms with Crippen LogP contribution in [0.3, 0.4) is 0 Å². The molecule has 0 bridgehead atoms. The first-order valence-electron chi connectivity index (χ1n) is 22.5. The fourth-order valence-electron chi connectivity index (χ4n) is 9.69. The lowest BCUT2D eigenvalue weighted by molar-refractivity contribution is 1.04. The van der Waals surface area contributed by atoms with Gasteiger partial charge >= 0.3 is 0 Å². The molecule has 0 unspecified atom stereocenters. The van der Waals surface area contributed by atoms with Crippen LogP contribution in [0.2, 0.25) is 0 Å². The zero-order valence-electron chi connectivity index (χ0n) is 36.2. The van der Waals surface area contributed by atoms with E-state index < -0.39 is 0 Å². The molecule has 2 heterocycles. The van der Waals surface area contributed by atoms with Gasteiger partial charge in [-0.2, -0.15) is 0 Å². The topological polar surface area (TPSA) is 9.86 Å². The summed E-state index contributed by atoms with van der Waals surface area (Å²) in [5.41, 5.74) is 20.3. The molecule has 0 radical (unpaired) electrons. The van der Waals surface area contributed by atoms with Gasteiger partial charge in [0.15, 0.2) is 0 Å². The van der Waals surface area contributed by atoms with Crippen molar-refractivity contribution in [3.8, 4) is 55.9 Å². The van der Waals surface area contributed by atoms with Crippen LogP contribution in [0.15, 0.2) is 231 Å². The Morgan fingerprint density at radius 2 is 1.08 bits per heavy atom. The first-order chi connectivity index (χ1) is 31.6. The first-order valence-corrected chi connectivity index (χ1v) is 22.5. The van der Waals surface area contributed by atoms with E-state index in [9.17, 15) is 0 Å². The molecule has 306 valence electrons. The van der Waals surface area contributed by atoms with Gasteiger partial charge in [0.2, 0.25) is 0 Å². The summed E-state index contributed by atoms with van der Waals surface area (Å²) in [5, 5.41) is 3.65. The lowest BCUT2D eigenvalue weighted by Crippen LogP contribution is -1.98. The van der Waals surface area contributed by atoms with E-state index in [1.807, 2.05) is 0 Å². The Morgan fingerprint density at radius 3 is 1.72 bits per heavy atom. The van der Waals surface area contributed by atoms with Crippen molar-refractivity contribution in [2.45, 2.75) is 26.7 Å². The third kappa shape index (κ3) is 7.13. The normalized spacial score (nSPS) is 13.1. The van der Waals surface area contributed by atoms with E-state index >= 15 is 0 Å². The molecule has 8 aromatic carbocycles. The predicted molar refractivity (Wildman–Crippen MR) is 274 cm³/mol. The maximum absolute atomic E-state index is 2.52. The molecule has 1 aliphatic rings. The maximum atomic E-state index is 2.52. The second-order valence-corrected chi connectivity index (χ2v) is 16.7. The smallest absolute Gasteiger partial charge is 0.0635 e. The summed E-state index contributed by atoms with van der Waals surface area (Å²) in [6, 6.07) is 69.4. The van der Waals surface area contributed by atoms with Crippen LogP contribution >= 0.6 is 0 Å². The minimum atomic E-state index is 1.08. The fourth-order valence-corrected chi connectivity index (χ4v) is 9.69. The van der Waals surface area contributed by atoms with Gasteiger partial charge in [-0.25, -0.2) is 0 Å². The molecule has 0 amide bonds. The molecule has 0 fully saturated rings. The van der Waals surface area contributed by atoms with Crippen LogP contribution in [0.1, 0.15) is 37.8 Å². The molecule has 0 saturated carbocycles. The summed E-state index contributed by atoms with van der Waals surface area (Å²) in [6.07, 6.45) is 17.9. The predicted octanol–water partition coefficient (Wildman–Crippen LogP) is 17.1. The summed E-state index contributed by atoms with van der Waals surface area (Å²) in [4.78, 5) is 0. The highest BCUT2D eigenvalue weighted by molar-refractivity contribution is 6.19. The highest BCUT2D eigenvalue weighted by atomic mass is 15.0. The van der Waals surface area contributed by atoms with E-state index in [2.05, 4.69) is 254 Å². The number of hydrogen-bond donors (Lipinski definition) is 0. The second-order valence-electron chi connectivity index (χ2n) is 16.7. The molecule has 0 N–H and O–H groups in total. The van der Waals surface area contributed by atoms with Crippen molar-refractivity contribution in [1.29, 1.82) is 0 Å². The number of aromatic nitrogens is 2. The van der Waals surface area contributed by atoms with Crippen molar-refractivity contribution in [1.82, 2.24) is 9.13 Å². The van der Waals surface area contributed by atoms with Gasteiger partial charge in [-0.15, -0.1) is 0 Å². The number of hydrogen-bond acceptors (Lipinski definition) is 0. The van der Waals surface area contributed by atoms with Crippen molar-refractivity contribution < 1.29 is 0 Å². The third-order valence-electron chi connectivity index (χ3n) is 12.8. The lowest BCUT2D eigenvalue weighted by atomic mass is 9.93. The molecule has 0 atom stereocenters. The van der Waals surface area contributed by atoms with Crippen molar-refractivity contribution in [2.75, 3.05) is 0 Å². The highest BCUT2D eigenvalue weighted by Crippen LogP contribution is 2.42. The molecule has 2 heteroatoms. The Labute approximate surface area is 375 Å². The van der Waals surface area contributed by atoms with Gasteiger partial charge in [0, 0.05) is 33.7 Å². The molecule has 2 aromatic heterocycles. The molecular formula is C62H48N2.